The van der Waals surface area contributed by atoms with Crippen molar-refractivity contribution in [1.82, 2.24) is 10.6 Å². The van der Waals surface area contributed by atoms with Crippen LogP contribution in [0.15, 0.2) is 24.3 Å². The monoisotopic (exact) mass is 351 g/mol. The van der Waals surface area contributed by atoms with Gasteiger partial charge in [-0.05, 0) is 19.4 Å². The number of nitrogens with one attached hydrogen (secondary N) is 2. The Morgan fingerprint density at radius 1 is 1.28 bits per heavy atom. The average Bonchev–Trinajstić information content (AvgIpc) is 2.57. The molecule has 0 aliphatic carbocycles. The van der Waals surface area contributed by atoms with Crippen LogP contribution in [0.4, 0.5) is 5.69 Å². The minimum absolute atomic E-state index is 0.0367. The van der Waals surface area contributed by atoms with E-state index in [1.54, 1.807) is 0 Å². The van der Waals surface area contributed by atoms with Crippen molar-refractivity contribution in [2.45, 2.75) is 45.2 Å². The van der Waals surface area contributed by atoms with Gasteiger partial charge in [0.05, 0.1) is 4.92 Å². The molecule has 2 amide bonds. The summed E-state index contributed by atoms with van der Waals surface area (Å²) in [5.41, 5.74) is -0.204. The highest BCUT2D eigenvalue weighted by Gasteiger charge is 2.24. The first-order chi connectivity index (χ1) is 11.8. The lowest BCUT2D eigenvalue weighted by Gasteiger charge is -2.18. The van der Waals surface area contributed by atoms with Gasteiger partial charge in [-0.1, -0.05) is 25.8 Å². The molecule has 0 spiro atoms. The largest absolute Gasteiger partial charge is 0.480 e. The van der Waals surface area contributed by atoms with E-state index in [4.69, 9.17) is 5.11 Å². The number of amides is 2. The topological polar surface area (TPSA) is 139 Å². The summed E-state index contributed by atoms with van der Waals surface area (Å²) < 4.78 is 0. The molecule has 9 nitrogen and oxygen atoms in total. The predicted octanol–water partition coefficient (Wildman–Crippen LogP) is 1.47. The van der Waals surface area contributed by atoms with Crippen LogP contribution in [-0.4, -0.2) is 39.9 Å². The van der Waals surface area contributed by atoms with Crippen molar-refractivity contribution in [3.63, 3.8) is 0 Å². The third-order valence-corrected chi connectivity index (χ3v) is 3.52. The molecule has 0 fully saturated rings. The van der Waals surface area contributed by atoms with Crippen molar-refractivity contribution in [2.75, 3.05) is 0 Å². The first kappa shape index (κ1) is 20.1. The number of carboxylic acid groups (broad SMARTS) is 1. The molecule has 0 aliphatic heterocycles. The van der Waals surface area contributed by atoms with Crippen molar-refractivity contribution in [1.29, 1.82) is 0 Å². The van der Waals surface area contributed by atoms with E-state index < -0.39 is 34.8 Å². The molecule has 0 radical (unpaired) electrons. The van der Waals surface area contributed by atoms with Crippen LogP contribution in [0.3, 0.4) is 0 Å². The number of non-ortho nitro benzene ring substituents is 1. The molecule has 1 aromatic rings. The van der Waals surface area contributed by atoms with Gasteiger partial charge in [-0.15, -0.1) is 0 Å². The van der Waals surface area contributed by atoms with Gasteiger partial charge in [-0.25, -0.2) is 4.79 Å². The molecule has 9 heteroatoms. The number of nitrogens with zero attached hydrogens (tertiary/aromatic N) is 1. The highest BCUT2D eigenvalue weighted by Crippen LogP contribution is 2.13. The Labute approximate surface area is 144 Å². The van der Waals surface area contributed by atoms with Crippen molar-refractivity contribution in [2.24, 2.45) is 0 Å². The molecule has 25 heavy (non-hydrogen) atoms. The lowest BCUT2D eigenvalue weighted by Crippen LogP contribution is -2.50. The lowest BCUT2D eigenvalue weighted by molar-refractivity contribution is -0.384. The zero-order valence-electron chi connectivity index (χ0n) is 14.0. The molecule has 136 valence electrons. The summed E-state index contributed by atoms with van der Waals surface area (Å²) in [6.07, 6.45) is 1.73. The molecule has 2 atom stereocenters. The number of nitro groups is 1. The summed E-state index contributed by atoms with van der Waals surface area (Å²) in [4.78, 5) is 45.4. The minimum atomic E-state index is -1.14. The second-order valence-electron chi connectivity index (χ2n) is 5.54. The van der Waals surface area contributed by atoms with Gasteiger partial charge >= 0.3 is 5.97 Å². The van der Waals surface area contributed by atoms with Crippen molar-refractivity contribution < 1.29 is 24.4 Å². The molecule has 1 rings (SSSR count). The molecular weight excluding hydrogens is 330 g/mol. The molecule has 0 aromatic heterocycles. The number of hydrogen-bond acceptors (Lipinski definition) is 5. The van der Waals surface area contributed by atoms with E-state index in [0.29, 0.717) is 12.8 Å². The van der Waals surface area contributed by atoms with Gasteiger partial charge in [-0.3, -0.25) is 19.7 Å². The van der Waals surface area contributed by atoms with E-state index in [-0.39, 0.29) is 11.3 Å². The third-order valence-electron chi connectivity index (χ3n) is 3.52. The number of carbonyl (C=O) groups excluding carboxylic acids is 2. The maximum atomic E-state index is 12.1. The van der Waals surface area contributed by atoms with Gasteiger partial charge in [0.2, 0.25) is 5.91 Å². The number of rotatable bonds is 9. The normalized spacial score (nSPS) is 12.7. The standard InChI is InChI=1S/C16H21N3O6/c1-3-4-8-13(16(22)23)18-14(20)10(2)17-15(21)11-6-5-7-12(9-11)19(24)25/h5-7,9-10,13H,3-4,8H2,1-2H3,(H,17,21)(H,18,20)(H,22,23)/t10?,13-/m0/s1. The van der Waals surface area contributed by atoms with Crippen LogP contribution in [0.1, 0.15) is 43.5 Å². The lowest BCUT2D eigenvalue weighted by atomic mass is 10.1. The number of carbonyl (C=O) groups is 3. The second kappa shape index (κ2) is 9.36. The molecule has 1 aromatic carbocycles. The third kappa shape index (κ3) is 6.21. The summed E-state index contributed by atoms with van der Waals surface area (Å²) in [5, 5.41) is 24.6. The number of aliphatic carboxylic acids is 1. The minimum Gasteiger partial charge on any atom is -0.480 e. The average molecular weight is 351 g/mol. The number of benzene rings is 1. The first-order valence-corrected chi connectivity index (χ1v) is 7.84. The Hall–Kier alpha value is -2.97. The van der Waals surface area contributed by atoms with E-state index >= 15 is 0 Å². The molecule has 1 unspecified atom stereocenters. The van der Waals surface area contributed by atoms with Crippen LogP contribution >= 0.6 is 0 Å². The molecule has 0 heterocycles. The maximum absolute atomic E-state index is 12.1. The van der Waals surface area contributed by atoms with Gasteiger partial charge < -0.3 is 15.7 Å². The Bertz CT molecular complexity index is 661. The highest BCUT2D eigenvalue weighted by molar-refractivity contribution is 5.98. The molecule has 0 aliphatic rings. The zero-order chi connectivity index (χ0) is 19.0. The van der Waals surface area contributed by atoms with Gasteiger partial charge in [0.15, 0.2) is 0 Å². The quantitative estimate of drug-likeness (QED) is 0.455. The van der Waals surface area contributed by atoms with E-state index in [1.165, 1.54) is 25.1 Å². The zero-order valence-corrected chi connectivity index (χ0v) is 14.0. The van der Waals surface area contributed by atoms with Crippen LogP contribution in [0.2, 0.25) is 0 Å². The summed E-state index contributed by atoms with van der Waals surface area (Å²) >= 11 is 0. The van der Waals surface area contributed by atoms with Gasteiger partial charge in [0, 0.05) is 17.7 Å². The number of unbranched alkanes of at least 4 members (excludes halogenated alkanes) is 1. The summed E-state index contributed by atoms with van der Waals surface area (Å²) in [5.74, 6) is -2.44. The smallest absolute Gasteiger partial charge is 0.326 e. The molecule has 0 saturated carbocycles. The summed E-state index contributed by atoms with van der Waals surface area (Å²) in [7, 11) is 0. The number of hydrogen-bond donors (Lipinski definition) is 3. The Morgan fingerprint density at radius 2 is 1.96 bits per heavy atom. The highest BCUT2D eigenvalue weighted by atomic mass is 16.6. The maximum Gasteiger partial charge on any atom is 0.326 e. The predicted molar refractivity (Wildman–Crippen MR) is 89.1 cm³/mol. The SMILES string of the molecule is CCCC[C@H](NC(=O)C(C)NC(=O)c1cccc([N+](=O)[O-])c1)C(=O)O. The van der Waals surface area contributed by atoms with E-state index in [9.17, 15) is 24.5 Å². The fourth-order valence-electron chi connectivity index (χ4n) is 2.07. The summed E-state index contributed by atoms with van der Waals surface area (Å²) in [6, 6.07) is 3.08. The van der Waals surface area contributed by atoms with Crippen LogP contribution in [0, 0.1) is 10.1 Å². The van der Waals surface area contributed by atoms with Crippen LogP contribution in [0.5, 0.6) is 0 Å². The molecular formula is C16H21N3O6. The van der Waals surface area contributed by atoms with Crippen molar-refractivity contribution >= 4 is 23.5 Å². The fourth-order valence-corrected chi connectivity index (χ4v) is 2.07. The van der Waals surface area contributed by atoms with Crippen LogP contribution in [-0.2, 0) is 9.59 Å². The van der Waals surface area contributed by atoms with E-state index in [2.05, 4.69) is 10.6 Å². The first-order valence-electron chi connectivity index (χ1n) is 7.84. The second-order valence-corrected chi connectivity index (χ2v) is 5.54. The molecule has 3 N–H and O–H groups in total. The van der Waals surface area contributed by atoms with Gasteiger partial charge in [-0.2, -0.15) is 0 Å². The number of carboxylic acids is 1. The Morgan fingerprint density at radius 3 is 2.52 bits per heavy atom. The van der Waals surface area contributed by atoms with Crippen molar-refractivity contribution in [3.8, 4) is 0 Å². The van der Waals surface area contributed by atoms with Gasteiger partial charge in [0.1, 0.15) is 12.1 Å². The van der Waals surface area contributed by atoms with E-state index in [0.717, 1.165) is 12.5 Å². The van der Waals surface area contributed by atoms with Crippen LogP contribution in [0.25, 0.3) is 0 Å². The molecule has 0 bridgehead atoms. The van der Waals surface area contributed by atoms with Crippen LogP contribution < -0.4 is 10.6 Å². The Kier molecular flexibility index (Phi) is 7.51. The van der Waals surface area contributed by atoms with Crippen molar-refractivity contribution in [3.05, 3.63) is 39.9 Å². The molecule has 0 saturated heterocycles. The Balaban J connectivity index is 2.70. The fraction of sp³-hybridized carbons (Fsp3) is 0.438. The summed E-state index contributed by atoms with van der Waals surface area (Å²) in [6.45, 7) is 3.31. The van der Waals surface area contributed by atoms with E-state index in [1.807, 2.05) is 6.92 Å². The van der Waals surface area contributed by atoms with Gasteiger partial charge in [0.25, 0.3) is 11.6 Å². The number of nitro benzene ring substituents is 1.